The fourth-order valence-electron chi connectivity index (χ4n) is 3.18. The molecular formula is C22H17Cl2NO4. The van der Waals surface area contributed by atoms with E-state index in [1.165, 1.54) is 6.07 Å². The first-order valence-corrected chi connectivity index (χ1v) is 9.78. The van der Waals surface area contributed by atoms with Crippen LogP contribution in [-0.2, 0) is 0 Å². The maximum Gasteiger partial charge on any atom is 0.339 e. The van der Waals surface area contributed by atoms with E-state index in [9.17, 15) is 9.59 Å². The summed E-state index contributed by atoms with van der Waals surface area (Å²) in [6.45, 7) is 2.62. The summed E-state index contributed by atoms with van der Waals surface area (Å²) in [5, 5.41) is 0.991. The van der Waals surface area contributed by atoms with Gasteiger partial charge in [0.1, 0.15) is 17.6 Å². The van der Waals surface area contributed by atoms with Crippen LogP contribution in [0.25, 0.3) is 11.1 Å². The smallest absolute Gasteiger partial charge is 0.339 e. The van der Waals surface area contributed by atoms with Crippen molar-refractivity contribution in [3.8, 4) is 16.9 Å². The van der Waals surface area contributed by atoms with Crippen molar-refractivity contribution in [3.05, 3.63) is 86.4 Å². The van der Waals surface area contributed by atoms with Crippen LogP contribution < -0.4 is 10.4 Å². The highest BCUT2D eigenvalue weighted by Gasteiger charge is 2.33. The van der Waals surface area contributed by atoms with Crippen molar-refractivity contribution < 1.29 is 13.9 Å². The van der Waals surface area contributed by atoms with Crippen LogP contribution in [0.15, 0.2) is 63.8 Å². The highest BCUT2D eigenvalue weighted by Crippen LogP contribution is 2.29. The summed E-state index contributed by atoms with van der Waals surface area (Å²) < 4.78 is 10.7. The minimum Gasteiger partial charge on any atom is -0.486 e. The van der Waals surface area contributed by atoms with Crippen LogP contribution in [0.4, 0.5) is 0 Å². The number of hydrogen-bond donors (Lipinski definition) is 0. The second kappa shape index (κ2) is 7.93. The minimum absolute atomic E-state index is 0.0608. The van der Waals surface area contributed by atoms with Gasteiger partial charge in [-0.05, 0) is 42.3 Å². The second-order valence-corrected chi connectivity index (χ2v) is 7.69. The van der Waals surface area contributed by atoms with Gasteiger partial charge < -0.3 is 14.1 Å². The molecule has 0 N–H and O–H groups in total. The zero-order chi connectivity index (χ0) is 20.5. The van der Waals surface area contributed by atoms with Crippen LogP contribution in [0.5, 0.6) is 5.75 Å². The Labute approximate surface area is 177 Å². The number of carbonyl (C=O) groups excluding carboxylic acids is 1. The van der Waals surface area contributed by atoms with Gasteiger partial charge >= 0.3 is 5.63 Å². The zero-order valence-electron chi connectivity index (χ0n) is 15.5. The third-order valence-corrected chi connectivity index (χ3v) is 5.43. The summed E-state index contributed by atoms with van der Waals surface area (Å²) >= 11 is 12.0. The van der Waals surface area contributed by atoms with Gasteiger partial charge in [0, 0.05) is 11.6 Å². The predicted molar refractivity (Wildman–Crippen MR) is 112 cm³/mol. The molecule has 1 aromatic heterocycles. The largest absolute Gasteiger partial charge is 0.486 e. The Morgan fingerprint density at radius 2 is 1.69 bits per heavy atom. The van der Waals surface area contributed by atoms with Crippen molar-refractivity contribution in [2.75, 3.05) is 13.1 Å². The summed E-state index contributed by atoms with van der Waals surface area (Å²) in [7, 11) is 0. The van der Waals surface area contributed by atoms with Gasteiger partial charge in [-0.1, -0.05) is 41.4 Å². The summed E-state index contributed by atoms with van der Waals surface area (Å²) in [6.07, 6.45) is -0.143. The Kier molecular flexibility index (Phi) is 5.35. The molecule has 0 saturated carbocycles. The zero-order valence-corrected chi connectivity index (χ0v) is 17.0. The lowest BCUT2D eigenvalue weighted by molar-refractivity contribution is 0.0175. The third kappa shape index (κ3) is 4.31. The van der Waals surface area contributed by atoms with Crippen molar-refractivity contribution in [3.63, 3.8) is 0 Å². The van der Waals surface area contributed by atoms with E-state index < -0.39 is 5.63 Å². The van der Waals surface area contributed by atoms with Crippen molar-refractivity contribution >= 4 is 29.1 Å². The first-order chi connectivity index (χ1) is 13.9. The molecule has 2 heterocycles. The molecule has 0 spiro atoms. The number of nitrogens with zero attached hydrogens (tertiary/aromatic N) is 1. The third-order valence-electron chi connectivity index (χ3n) is 4.69. The fraction of sp³-hybridized carbons (Fsp3) is 0.182. The van der Waals surface area contributed by atoms with E-state index in [4.69, 9.17) is 32.4 Å². The molecule has 1 saturated heterocycles. The lowest BCUT2D eigenvalue weighted by Crippen LogP contribution is -2.56. The molecule has 1 aliphatic rings. The fourth-order valence-corrected chi connectivity index (χ4v) is 3.48. The van der Waals surface area contributed by atoms with Gasteiger partial charge in [0.25, 0.3) is 5.91 Å². The van der Waals surface area contributed by atoms with Gasteiger partial charge in [-0.15, -0.1) is 0 Å². The molecule has 0 unspecified atom stereocenters. The molecule has 4 rings (SSSR count). The highest BCUT2D eigenvalue weighted by molar-refractivity contribution is 6.42. The van der Waals surface area contributed by atoms with Crippen LogP contribution in [0, 0.1) is 6.92 Å². The van der Waals surface area contributed by atoms with Crippen LogP contribution >= 0.6 is 23.2 Å². The number of aryl methyl sites for hydroxylation is 1. The number of benzene rings is 2. The van der Waals surface area contributed by atoms with Crippen molar-refractivity contribution in [1.29, 1.82) is 0 Å². The van der Waals surface area contributed by atoms with Crippen LogP contribution in [-0.4, -0.2) is 30.0 Å². The van der Waals surface area contributed by atoms with Crippen LogP contribution in [0.3, 0.4) is 0 Å². The molecule has 0 bridgehead atoms. The number of halogens is 2. The SMILES string of the molecule is Cc1cc(OC2CN(C(=O)c3ccc(-c4ccc(Cl)c(Cl)c4)cc3)C2)cc(=O)o1. The minimum atomic E-state index is -0.450. The summed E-state index contributed by atoms with van der Waals surface area (Å²) in [6, 6.07) is 15.7. The monoisotopic (exact) mass is 429 g/mol. The van der Waals surface area contributed by atoms with E-state index >= 15 is 0 Å². The molecule has 29 heavy (non-hydrogen) atoms. The first-order valence-electron chi connectivity index (χ1n) is 9.02. The van der Waals surface area contributed by atoms with Gasteiger partial charge in [-0.25, -0.2) is 4.79 Å². The van der Waals surface area contributed by atoms with Gasteiger partial charge in [0.05, 0.1) is 29.2 Å². The maximum atomic E-state index is 12.6. The summed E-state index contributed by atoms with van der Waals surface area (Å²) in [5.74, 6) is 0.887. The molecule has 0 aliphatic carbocycles. The Balaban J connectivity index is 1.38. The molecule has 0 radical (unpaired) electrons. The van der Waals surface area contributed by atoms with Gasteiger partial charge in [0.2, 0.25) is 0 Å². The van der Waals surface area contributed by atoms with Gasteiger partial charge in [0.15, 0.2) is 0 Å². The topological polar surface area (TPSA) is 59.8 Å². The predicted octanol–water partition coefficient (Wildman–Crippen LogP) is 4.83. The molecule has 5 nitrogen and oxygen atoms in total. The van der Waals surface area contributed by atoms with E-state index in [0.717, 1.165) is 11.1 Å². The van der Waals surface area contributed by atoms with E-state index in [1.807, 2.05) is 18.2 Å². The van der Waals surface area contributed by atoms with Crippen molar-refractivity contribution in [1.82, 2.24) is 4.90 Å². The Morgan fingerprint density at radius 1 is 1.00 bits per heavy atom. The molecule has 2 aromatic carbocycles. The van der Waals surface area contributed by atoms with Crippen LogP contribution in [0.2, 0.25) is 10.0 Å². The van der Waals surface area contributed by atoms with E-state index in [1.54, 1.807) is 42.2 Å². The van der Waals surface area contributed by atoms with Crippen molar-refractivity contribution in [2.45, 2.75) is 13.0 Å². The van der Waals surface area contributed by atoms with Crippen molar-refractivity contribution in [2.24, 2.45) is 0 Å². The molecule has 3 aromatic rings. The number of rotatable bonds is 4. The second-order valence-electron chi connectivity index (χ2n) is 6.88. The molecule has 1 amide bonds. The molecule has 0 atom stereocenters. The van der Waals surface area contributed by atoms with Gasteiger partial charge in [-0.3, -0.25) is 4.79 Å². The normalized spacial score (nSPS) is 13.8. The lowest BCUT2D eigenvalue weighted by Gasteiger charge is -2.39. The van der Waals surface area contributed by atoms with E-state index in [2.05, 4.69) is 0 Å². The average molecular weight is 430 g/mol. The molecule has 1 aliphatic heterocycles. The number of likely N-dealkylation sites (tertiary alicyclic amines) is 1. The number of ether oxygens (including phenoxy) is 1. The first kappa shape index (κ1) is 19.6. The summed E-state index contributed by atoms with van der Waals surface area (Å²) in [5.41, 5.74) is 2.03. The Bertz CT molecular complexity index is 1120. The molecular weight excluding hydrogens is 413 g/mol. The standard InChI is InChI=1S/C22H17Cl2NO4/c1-13-8-17(10-21(26)28-13)29-18-11-25(12-18)22(27)15-4-2-14(3-5-15)16-6-7-19(23)20(24)9-16/h2-10,18H,11-12H2,1H3. The molecule has 148 valence electrons. The summed E-state index contributed by atoms with van der Waals surface area (Å²) in [4.78, 5) is 25.7. The number of amides is 1. The Morgan fingerprint density at radius 3 is 2.34 bits per heavy atom. The number of hydrogen-bond acceptors (Lipinski definition) is 4. The molecule has 1 fully saturated rings. The van der Waals surface area contributed by atoms with Gasteiger partial charge in [-0.2, -0.15) is 0 Å². The van der Waals surface area contributed by atoms with E-state index in [-0.39, 0.29) is 12.0 Å². The average Bonchev–Trinajstić information content (AvgIpc) is 2.65. The number of carbonyl (C=O) groups is 1. The quantitative estimate of drug-likeness (QED) is 0.595. The molecule has 7 heteroatoms. The maximum absolute atomic E-state index is 12.6. The Hall–Kier alpha value is -2.76. The van der Waals surface area contributed by atoms with E-state index in [0.29, 0.717) is 40.2 Å². The van der Waals surface area contributed by atoms with Crippen LogP contribution in [0.1, 0.15) is 16.1 Å². The highest BCUT2D eigenvalue weighted by atomic mass is 35.5. The lowest BCUT2D eigenvalue weighted by atomic mass is 10.0.